The van der Waals surface area contributed by atoms with Gasteiger partial charge >= 0.3 is 0 Å². The molecule has 0 radical (unpaired) electrons. The lowest BCUT2D eigenvalue weighted by molar-refractivity contribution is 1.05. The number of nitrogens with one attached hydrogen (secondary N) is 2. The number of fused-ring (bicyclic) bond motifs is 2. The Balaban J connectivity index is 1.64. The summed E-state index contributed by atoms with van der Waals surface area (Å²) in [6.07, 6.45) is 1.78. The van der Waals surface area contributed by atoms with Crippen LogP contribution >= 0.6 is 34.5 Å². The average Bonchev–Trinajstić information content (AvgIpc) is 3.26. The average molecular weight is 413 g/mol. The molecule has 27 heavy (non-hydrogen) atoms. The molecule has 0 aliphatic heterocycles. The van der Waals surface area contributed by atoms with Crippen LogP contribution in [0.4, 0.5) is 11.6 Å². The summed E-state index contributed by atoms with van der Waals surface area (Å²) in [4.78, 5) is 13.0. The predicted molar refractivity (Wildman–Crippen MR) is 110 cm³/mol. The van der Waals surface area contributed by atoms with Crippen LogP contribution in [0.2, 0.25) is 10.6 Å². The lowest BCUT2D eigenvalue weighted by atomic mass is 10.1. The van der Waals surface area contributed by atoms with Crippen molar-refractivity contribution >= 4 is 67.2 Å². The molecule has 132 valence electrons. The zero-order chi connectivity index (χ0) is 18.4. The molecular weight excluding hydrogens is 403 g/mol. The molecule has 9 heteroatoms. The monoisotopic (exact) mass is 412 g/mol. The largest absolute Gasteiger partial charge is 0.324 e. The Kier molecular flexibility index (Phi) is 3.93. The molecule has 0 saturated carbocycles. The number of nitrogens with zero attached hydrogens (tertiary/aromatic N) is 4. The topological polar surface area (TPSA) is 79.4 Å². The van der Waals surface area contributed by atoms with E-state index in [9.17, 15) is 0 Å². The Morgan fingerprint density at radius 2 is 1.74 bits per heavy atom. The molecular formula is C18H10Cl2N6S. The van der Waals surface area contributed by atoms with Crippen molar-refractivity contribution in [2.24, 2.45) is 0 Å². The Morgan fingerprint density at radius 1 is 0.926 bits per heavy atom. The highest BCUT2D eigenvalue weighted by Crippen LogP contribution is 2.38. The molecule has 3 aromatic heterocycles. The maximum absolute atomic E-state index is 5.87. The molecule has 0 atom stereocenters. The summed E-state index contributed by atoms with van der Waals surface area (Å²) in [5.74, 6) is 0.283. The van der Waals surface area contributed by atoms with Crippen LogP contribution in [0.5, 0.6) is 0 Å². The minimum absolute atomic E-state index is 0.0339. The number of benzene rings is 2. The molecule has 0 spiro atoms. The molecule has 5 aromatic rings. The molecule has 3 heterocycles. The molecule has 0 fully saturated rings. The van der Waals surface area contributed by atoms with E-state index in [1.807, 2.05) is 24.3 Å². The van der Waals surface area contributed by atoms with E-state index in [2.05, 4.69) is 48.7 Å². The summed E-state index contributed by atoms with van der Waals surface area (Å²) in [5.41, 5.74) is 2.81. The van der Waals surface area contributed by atoms with Crippen molar-refractivity contribution in [1.29, 1.82) is 0 Å². The minimum atomic E-state index is 0.0339. The van der Waals surface area contributed by atoms with E-state index < -0.39 is 0 Å². The van der Waals surface area contributed by atoms with Gasteiger partial charge in [-0.2, -0.15) is 20.1 Å². The molecule has 0 unspecified atom stereocenters. The second-order valence-corrected chi connectivity index (χ2v) is 7.59. The Labute approximate surface area is 167 Å². The molecule has 6 nitrogen and oxygen atoms in total. The fourth-order valence-electron chi connectivity index (χ4n) is 2.95. The zero-order valence-corrected chi connectivity index (χ0v) is 15.9. The second-order valence-electron chi connectivity index (χ2n) is 5.83. The van der Waals surface area contributed by atoms with Gasteiger partial charge in [0.25, 0.3) is 0 Å². The summed E-state index contributed by atoms with van der Waals surface area (Å²) < 4.78 is 1.23. The third-order valence-electron chi connectivity index (χ3n) is 4.08. The number of rotatable bonds is 3. The quantitative estimate of drug-likeness (QED) is 0.398. The van der Waals surface area contributed by atoms with Crippen molar-refractivity contribution in [1.82, 2.24) is 25.1 Å². The summed E-state index contributed by atoms with van der Waals surface area (Å²) >= 11 is 13.5. The first-order chi connectivity index (χ1) is 13.2. The highest BCUT2D eigenvalue weighted by atomic mass is 35.5. The molecule has 0 aliphatic carbocycles. The highest BCUT2D eigenvalue weighted by molar-refractivity contribution is 7.22. The van der Waals surface area contributed by atoms with E-state index >= 15 is 0 Å². The molecule has 0 aliphatic rings. The first-order valence-electron chi connectivity index (χ1n) is 7.96. The number of anilines is 2. The maximum atomic E-state index is 5.87. The van der Waals surface area contributed by atoms with Crippen LogP contribution < -0.4 is 5.32 Å². The SMILES string of the molecule is Clc1nc(Cl)nc(Nc2cc(-c3cc4ccccc4s3)c3[nH]ncc3c2)n1. The third-order valence-corrected chi connectivity index (χ3v) is 5.56. The van der Waals surface area contributed by atoms with E-state index in [1.54, 1.807) is 17.5 Å². The van der Waals surface area contributed by atoms with E-state index in [0.29, 0.717) is 0 Å². The molecule has 2 aromatic carbocycles. The van der Waals surface area contributed by atoms with Gasteiger partial charge in [0.1, 0.15) is 0 Å². The van der Waals surface area contributed by atoms with Crippen molar-refractivity contribution in [3.8, 4) is 10.4 Å². The van der Waals surface area contributed by atoms with Gasteiger partial charge in [-0.1, -0.05) is 18.2 Å². The standard InChI is InChI=1S/C18H10Cl2N6S/c19-16-23-17(20)25-18(24-16)22-11-5-10-8-21-26-15(10)12(7-11)14-6-9-3-1-2-4-13(9)27-14/h1-8H,(H,21,26)(H,22,23,24,25). The number of aromatic nitrogens is 5. The summed E-state index contributed by atoms with van der Waals surface area (Å²) in [5, 5.41) is 12.7. The minimum Gasteiger partial charge on any atom is -0.324 e. The number of aromatic amines is 1. The van der Waals surface area contributed by atoms with E-state index in [4.69, 9.17) is 23.2 Å². The zero-order valence-electron chi connectivity index (χ0n) is 13.6. The summed E-state index contributed by atoms with van der Waals surface area (Å²) in [6.45, 7) is 0. The van der Waals surface area contributed by atoms with Crippen LogP contribution in [-0.4, -0.2) is 25.1 Å². The lowest BCUT2D eigenvalue weighted by Crippen LogP contribution is -1.99. The van der Waals surface area contributed by atoms with Gasteiger partial charge in [0.15, 0.2) is 0 Å². The number of thiophene rings is 1. The second kappa shape index (κ2) is 6.45. The molecule has 0 bridgehead atoms. The van der Waals surface area contributed by atoms with Crippen LogP contribution in [0.1, 0.15) is 0 Å². The molecule has 0 amide bonds. The van der Waals surface area contributed by atoms with Crippen LogP contribution in [-0.2, 0) is 0 Å². The van der Waals surface area contributed by atoms with Gasteiger partial charge in [-0.05, 0) is 52.9 Å². The Bertz CT molecular complexity index is 1240. The number of H-pyrrole nitrogens is 1. The smallest absolute Gasteiger partial charge is 0.232 e. The summed E-state index contributed by atoms with van der Waals surface area (Å²) in [6, 6.07) is 14.5. The van der Waals surface area contributed by atoms with Gasteiger partial charge in [-0.25, -0.2) is 0 Å². The van der Waals surface area contributed by atoms with Crippen molar-refractivity contribution in [3.05, 3.63) is 59.2 Å². The Morgan fingerprint density at radius 3 is 2.56 bits per heavy atom. The fourth-order valence-corrected chi connectivity index (χ4v) is 4.40. The maximum Gasteiger partial charge on any atom is 0.232 e. The normalized spacial score (nSPS) is 11.3. The van der Waals surface area contributed by atoms with Crippen LogP contribution in [0.3, 0.4) is 0 Å². The van der Waals surface area contributed by atoms with Gasteiger partial charge in [-0.3, -0.25) is 5.10 Å². The number of halogens is 2. The summed E-state index contributed by atoms with van der Waals surface area (Å²) in [7, 11) is 0. The van der Waals surface area contributed by atoms with Crippen molar-refractivity contribution in [2.45, 2.75) is 0 Å². The van der Waals surface area contributed by atoms with E-state index in [-0.39, 0.29) is 16.5 Å². The molecule has 0 saturated heterocycles. The van der Waals surface area contributed by atoms with Crippen LogP contribution in [0.25, 0.3) is 31.4 Å². The third kappa shape index (κ3) is 3.10. The molecule has 2 N–H and O–H groups in total. The lowest BCUT2D eigenvalue weighted by Gasteiger charge is -2.08. The number of hydrogen-bond donors (Lipinski definition) is 2. The predicted octanol–water partition coefficient (Wildman–Crippen LogP) is 5.68. The van der Waals surface area contributed by atoms with Gasteiger partial charge in [0, 0.05) is 26.2 Å². The van der Waals surface area contributed by atoms with Crippen molar-refractivity contribution in [3.63, 3.8) is 0 Å². The fraction of sp³-hybridized carbons (Fsp3) is 0. The van der Waals surface area contributed by atoms with Gasteiger partial charge in [-0.15, -0.1) is 11.3 Å². The highest BCUT2D eigenvalue weighted by Gasteiger charge is 2.13. The van der Waals surface area contributed by atoms with E-state index in [0.717, 1.165) is 27.0 Å². The van der Waals surface area contributed by atoms with Crippen molar-refractivity contribution in [2.75, 3.05) is 5.32 Å². The van der Waals surface area contributed by atoms with Crippen LogP contribution in [0, 0.1) is 0 Å². The van der Waals surface area contributed by atoms with E-state index in [1.165, 1.54) is 10.1 Å². The van der Waals surface area contributed by atoms with Crippen molar-refractivity contribution < 1.29 is 0 Å². The van der Waals surface area contributed by atoms with Gasteiger partial charge < -0.3 is 5.32 Å². The van der Waals surface area contributed by atoms with Gasteiger partial charge in [0.05, 0.1) is 11.7 Å². The first-order valence-corrected chi connectivity index (χ1v) is 9.53. The first kappa shape index (κ1) is 16.4. The van der Waals surface area contributed by atoms with Gasteiger partial charge in [0.2, 0.25) is 16.5 Å². The molecule has 5 rings (SSSR count). The Hall–Kier alpha value is -2.74. The van der Waals surface area contributed by atoms with Crippen LogP contribution in [0.15, 0.2) is 48.7 Å². The number of hydrogen-bond acceptors (Lipinski definition) is 6.